The Morgan fingerprint density at radius 3 is 2.67 bits per heavy atom. The molecular formula is C16H15N3O4S. The number of amides is 1. The highest BCUT2D eigenvalue weighted by Gasteiger charge is 2.14. The first-order chi connectivity index (χ1) is 11.4. The summed E-state index contributed by atoms with van der Waals surface area (Å²) in [5, 5.41) is 16.2. The summed E-state index contributed by atoms with van der Waals surface area (Å²) in [6, 6.07) is 8.10. The van der Waals surface area contributed by atoms with Crippen LogP contribution in [-0.4, -0.2) is 15.9 Å². The number of nitro benzene ring substituents is 1. The fraction of sp³-hybridized carbons (Fsp3) is 0.125. The molecule has 1 heterocycles. The number of aryl methyl sites for hydroxylation is 1. The van der Waals surface area contributed by atoms with E-state index < -0.39 is 10.8 Å². The Balaban J connectivity index is 1.98. The molecule has 0 aliphatic carbocycles. The van der Waals surface area contributed by atoms with Crippen molar-refractivity contribution in [1.29, 1.82) is 0 Å². The summed E-state index contributed by atoms with van der Waals surface area (Å²) in [6.45, 7) is 3.40. The van der Waals surface area contributed by atoms with Gasteiger partial charge in [0.25, 0.3) is 5.69 Å². The molecule has 1 aromatic carbocycles. The zero-order chi connectivity index (χ0) is 17.7. The predicted molar refractivity (Wildman–Crippen MR) is 94.7 cm³/mol. The summed E-state index contributed by atoms with van der Waals surface area (Å²) in [4.78, 5) is 22.2. The summed E-state index contributed by atoms with van der Waals surface area (Å²) in [6.07, 6.45) is 2.80. The van der Waals surface area contributed by atoms with Crippen molar-refractivity contribution in [3.05, 3.63) is 63.6 Å². The van der Waals surface area contributed by atoms with Crippen molar-refractivity contribution in [3.63, 3.8) is 0 Å². The highest BCUT2D eigenvalue weighted by Crippen LogP contribution is 2.24. The van der Waals surface area contributed by atoms with Crippen LogP contribution in [0.4, 0.5) is 11.4 Å². The molecule has 0 atom stereocenters. The van der Waals surface area contributed by atoms with Gasteiger partial charge in [0.1, 0.15) is 11.5 Å². The molecule has 124 valence electrons. The molecule has 0 bridgehead atoms. The maximum atomic E-state index is 11.8. The number of nitrogens with one attached hydrogen (secondary N) is 2. The number of nitrogens with zero attached hydrogens (tertiary/aromatic N) is 1. The highest BCUT2D eigenvalue weighted by molar-refractivity contribution is 7.80. The van der Waals surface area contributed by atoms with Gasteiger partial charge in [0.05, 0.1) is 16.2 Å². The van der Waals surface area contributed by atoms with E-state index in [9.17, 15) is 14.9 Å². The molecule has 2 aromatic rings. The van der Waals surface area contributed by atoms with Crippen LogP contribution in [-0.2, 0) is 4.79 Å². The molecule has 0 spiro atoms. The second kappa shape index (κ2) is 7.51. The van der Waals surface area contributed by atoms with Crippen LogP contribution in [0.2, 0.25) is 0 Å². The van der Waals surface area contributed by atoms with Gasteiger partial charge in [-0.1, -0.05) is 6.07 Å². The fourth-order valence-corrected chi connectivity index (χ4v) is 2.18. The van der Waals surface area contributed by atoms with Gasteiger partial charge in [0, 0.05) is 12.1 Å². The molecule has 0 radical (unpaired) electrons. The van der Waals surface area contributed by atoms with E-state index in [-0.39, 0.29) is 10.8 Å². The first kappa shape index (κ1) is 17.4. The number of rotatable bonds is 4. The monoisotopic (exact) mass is 345 g/mol. The Morgan fingerprint density at radius 2 is 2.04 bits per heavy atom. The van der Waals surface area contributed by atoms with Crippen LogP contribution < -0.4 is 10.6 Å². The smallest absolute Gasteiger partial charge is 0.274 e. The lowest BCUT2D eigenvalue weighted by molar-refractivity contribution is -0.385. The lowest BCUT2D eigenvalue weighted by Gasteiger charge is -2.10. The maximum Gasteiger partial charge on any atom is 0.274 e. The molecule has 1 aromatic heterocycles. The van der Waals surface area contributed by atoms with Gasteiger partial charge in [-0.25, -0.2) is 0 Å². The van der Waals surface area contributed by atoms with Gasteiger partial charge in [0.15, 0.2) is 5.11 Å². The second-order valence-corrected chi connectivity index (χ2v) is 5.34. The molecule has 7 nitrogen and oxygen atoms in total. The quantitative estimate of drug-likeness (QED) is 0.382. The number of thiocarbonyl (C=S) groups is 1. The van der Waals surface area contributed by atoms with Crippen LogP contribution in [0.3, 0.4) is 0 Å². The van der Waals surface area contributed by atoms with Crippen LogP contribution >= 0.6 is 12.2 Å². The van der Waals surface area contributed by atoms with Gasteiger partial charge in [-0.3, -0.25) is 20.2 Å². The van der Waals surface area contributed by atoms with Gasteiger partial charge in [-0.05, 0) is 50.3 Å². The van der Waals surface area contributed by atoms with E-state index in [1.54, 1.807) is 32.0 Å². The maximum absolute atomic E-state index is 11.8. The summed E-state index contributed by atoms with van der Waals surface area (Å²) in [7, 11) is 0. The third-order valence-electron chi connectivity index (χ3n) is 3.15. The summed E-state index contributed by atoms with van der Waals surface area (Å²) in [5.74, 6) is 0.856. The van der Waals surface area contributed by atoms with E-state index in [0.29, 0.717) is 17.0 Å². The third-order valence-corrected chi connectivity index (χ3v) is 3.35. The van der Waals surface area contributed by atoms with Crippen LogP contribution in [0.1, 0.15) is 17.1 Å². The van der Waals surface area contributed by atoms with E-state index in [1.165, 1.54) is 24.3 Å². The largest absolute Gasteiger partial charge is 0.462 e. The first-order valence-corrected chi connectivity index (χ1v) is 7.38. The molecule has 0 saturated heterocycles. The van der Waals surface area contributed by atoms with Gasteiger partial charge in [-0.15, -0.1) is 0 Å². The van der Waals surface area contributed by atoms with Gasteiger partial charge in [0.2, 0.25) is 5.91 Å². The average molecular weight is 345 g/mol. The molecule has 24 heavy (non-hydrogen) atoms. The van der Waals surface area contributed by atoms with Crippen LogP contribution in [0.5, 0.6) is 0 Å². The number of hydrogen-bond donors (Lipinski definition) is 2. The molecule has 0 fully saturated rings. The van der Waals surface area contributed by atoms with Crippen molar-refractivity contribution in [2.24, 2.45) is 0 Å². The first-order valence-electron chi connectivity index (χ1n) is 6.97. The zero-order valence-corrected chi connectivity index (χ0v) is 13.8. The van der Waals surface area contributed by atoms with Crippen molar-refractivity contribution in [1.82, 2.24) is 5.32 Å². The van der Waals surface area contributed by atoms with Crippen molar-refractivity contribution >= 4 is 40.7 Å². The molecular weight excluding hydrogens is 330 g/mol. The molecule has 0 unspecified atom stereocenters. The van der Waals surface area contributed by atoms with Crippen LogP contribution in [0, 0.1) is 24.0 Å². The molecule has 1 amide bonds. The van der Waals surface area contributed by atoms with Gasteiger partial charge >= 0.3 is 0 Å². The van der Waals surface area contributed by atoms with E-state index in [2.05, 4.69) is 10.6 Å². The summed E-state index contributed by atoms with van der Waals surface area (Å²) < 4.78 is 5.31. The minimum absolute atomic E-state index is 0.0257. The lowest BCUT2D eigenvalue weighted by atomic mass is 10.1. The van der Waals surface area contributed by atoms with E-state index >= 15 is 0 Å². The molecule has 0 aliphatic heterocycles. The highest BCUT2D eigenvalue weighted by atomic mass is 32.1. The Bertz CT molecular complexity index is 826. The Labute approximate surface area is 143 Å². The molecule has 2 rings (SSSR count). The van der Waals surface area contributed by atoms with Crippen molar-refractivity contribution < 1.29 is 14.1 Å². The topological polar surface area (TPSA) is 97.4 Å². The Hall–Kier alpha value is -3.00. The van der Waals surface area contributed by atoms with Gasteiger partial charge < -0.3 is 9.73 Å². The minimum atomic E-state index is -0.476. The zero-order valence-electron chi connectivity index (χ0n) is 13.0. The average Bonchev–Trinajstić information content (AvgIpc) is 2.92. The second-order valence-electron chi connectivity index (χ2n) is 4.93. The van der Waals surface area contributed by atoms with Crippen LogP contribution in [0.15, 0.2) is 40.8 Å². The number of nitro groups is 1. The van der Waals surface area contributed by atoms with Crippen molar-refractivity contribution in [2.45, 2.75) is 13.8 Å². The van der Waals surface area contributed by atoms with Crippen molar-refractivity contribution in [2.75, 3.05) is 5.32 Å². The number of furan rings is 1. The Kier molecular flexibility index (Phi) is 5.43. The standard InChI is InChI=1S/C16H15N3O4S/c1-10-6-7-12(23-10)8-9-15(20)18-16(24)17-13-4-3-5-14(11(13)2)19(21)22/h3-9H,1-2H3,(H2,17,18,20,24). The van der Waals surface area contributed by atoms with Crippen LogP contribution in [0.25, 0.3) is 6.08 Å². The fourth-order valence-electron chi connectivity index (χ4n) is 1.96. The number of carbonyl (C=O) groups is 1. The molecule has 8 heteroatoms. The lowest BCUT2D eigenvalue weighted by Crippen LogP contribution is -2.33. The summed E-state index contributed by atoms with van der Waals surface area (Å²) >= 11 is 5.05. The summed E-state index contributed by atoms with van der Waals surface area (Å²) in [5.41, 5.74) is 0.864. The number of benzene rings is 1. The van der Waals surface area contributed by atoms with E-state index in [4.69, 9.17) is 16.6 Å². The molecule has 2 N–H and O–H groups in total. The van der Waals surface area contributed by atoms with E-state index in [0.717, 1.165) is 5.76 Å². The predicted octanol–water partition coefficient (Wildman–Crippen LogP) is 3.33. The van der Waals surface area contributed by atoms with E-state index in [1.807, 2.05) is 0 Å². The van der Waals surface area contributed by atoms with Gasteiger partial charge in [-0.2, -0.15) is 0 Å². The molecule has 0 saturated carbocycles. The number of hydrogen-bond acceptors (Lipinski definition) is 5. The SMILES string of the molecule is Cc1ccc(C=CC(=O)NC(=S)Nc2cccc([N+](=O)[O-])c2C)o1. The number of anilines is 1. The Morgan fingerprint density at radius 1 is 1.29 bits per heavy atom. The molecule has 0 aliphatic rings. The number of carbonyl (C=O) groups excluding carboxylic acids is 1. The third kappa shape index (κ3) is 4.50. The van der Waals surface area contributed by atoms with Crippen molar-refractivity contribution in [3.8, 4) is 0 Å². The normalized spacial score (nSPS) is 10.6. The minimum Gasteiger partial charge on any atom is -0.462 e.